The van der Waals surface area contributed by atoms with E-state index in [1.807, 2.05) is 0 Å². The largest absolute Gasteiger partial charge is 0.462 e. The van der Waals surface area contributed by atoms with Gasteiger partial charge in [0.2, 0.25) is 11.3 Å². The molecule has 0 bridgehead atoms. The van der Waals surface area contributed by atoms with E-state index in [-0.39, 0.29) is 46.6 Å². The second kappa shape index (κ2) is 8.45. The van der Waals surface area contributed by atoms with Crippen LogP contribution in [0.25, 0.3) is 11.0 Å². The summed E-state index contributed by atoms with van der Waals surface area (Å²) in [5.74, 6) is -1.47. The van der Waals surface area contributed by atoms with Crippen molar-refractivity contribution in [1.29, 1.82) is 0 Å². The Hall–Kier alpha value is -2.68. The van der Waals surface area contributed by atoms with E-state index < -0.39 is 17.2 Å². The molecule has 2 atom stereocenters. The average molecular weight is 451 g/mol. The molecule has 2 fully saturated rings. The normalized spacial score (nSPS) is 20.8. The number of alkyl halides is 1. The maximum Gasteiger partial charge on any atom is 0.343 e. The first kappa shape index (κ1) is 21.5. The highest BCUT2D eigenvalue weighted by Crippen LogP contribution is 2.37. The summed E-state index contributed by atoms with van der Waals surface area (Å²) >= 11 is 6.43. The van der Waals surface area contributed by atoms with Gasteiger partial charge < -0.3 is 19.5 Å². The number of halogens is 2. The Morgan fingerprint density at radius 1 is 1.35 bits per heavy atom. The average Bonchev–Trinajstić information content (AvgIpc) is 3.49. The maximum absolute atomic E-state index is 15.1. The molecule has 1 saturated carbocycles. The van der Waals surface area contributed by atoms with Crippen LogP contribution in [0.4, 0.5) is 10.2 Å². The molecule has 1 amide bonds. The highest BCUT2D eigenvalue weighted by molar-refractivity contribution is 6.21. The minimum absolute atomic E-state index is 0.0510. The molecule has 10 heteroatoms. The van der Waals surface area contributed by atoms with Crippen LogP contribution >= 0.6 is 11.6 Å². The van der Waals surface area contributed by atoms with Crippen molar-refractivity contribution >= 4 is 40.3 Å². The van der Waals surface area contributed by atoms with Crippen molar-refractivity contribution in [2.24, 2.45) is 5.92 Å². The van der Waals surface area contributed by atoms with Gasteiger partial charge in [-0.15, -0.1) is 11.6 Å². The summed E-state index contributed by atoms with van der Waals surface area (Å²) in [5, 5.41) is 2.52. The minimum Gasteiger partial charge on any atom is -0.462 e. The lowest BCUT2D eigenvalue weighted by Gasteiger charge is -2.20. The van der Waals surface area contributed by atoms with Gasteiger partial charge >= 0.3 is 5.97 Å². The fraction of sp³-hybridized carbons (Fsp3) is 0.524. The van der Waals surface area contributed by atoms with Crippen LogP contribution in [-0.2, 0) is 9.53 Å². The monoisotopic (exact) mass is 450 g/mol. The fourth-order valence-corrected chi connectivity index (χ4v) is 4.25. The number of hydrogen-bond donors (Lipinski definition) is 1. The van der Waals surface area contributed by atoms with Gasteiger partial charge in [0.1, 0.15) is 11.2 Å². The lowest BCUT2D eigenvalue weighted by atomic mass is 10.1. The Kier molecular flexibility index (Phi) is 5.88. The minimum atomic E-state index is -0.723. The Balaban J connectivity index is 1.74. The van der Waals surface area contributed by atoms with Crippen molar-refractivity contribution in [2.75, 3.05) is 31.1 Å². The van der Waals surface area contributed by atoms with Gasteiger partial charge in [-0.2, -0.15) is 0 Å². The zero-order chi connectivity index (χ0) is 22.3. The predicted octanol–water partition coefficient (Wildman–Crippen LogP) is 2.23. The van der Waals surface area contributed by atoms with Gasteiger partial charge in [-0.3, -0.25) is 9.59 Å². The quantitative estimate of drug-likeness (QED) is 0.536. The molecule has 0 spiro atoms. The van der Waals surface area contributed by atoms with Crippen LogP contribution in [0.1, 0.15) is 43.1 Å². The summed E-state index contributed by atoms with van der Waals surface area (Å²) in [6.45, 7) is 4.42. The van der Waals surface area contributed by atoms with Crippen molar-refractivity contribution in [2.45, 2.75) is 38.1 Å². The molecule has 1 saturated heterocycles. The Morgan fingerprint density at radius 3 is 2.74 bits per heavy atom. The van der Waals surface area contributed by atoms with Crippen molar-refractivity contribution in [3.8, 4) is 0 Å². The third-order valence-electron chi connectivity index (χ3n) is 5.65. The van der Waals surface area contributed by atoms with Crippen molar-refractivity contribution in [3.63, 3.8) is 0 Å². The summed E-state index contributed by atoms with van der Waals surface area (Å²) in [7, 11) is 0. The number of aromatic nitrogens is 2. The lowest BCUT2D eigenvalue weighted by Crippen LogP contribution is -2.31. The van der Waals surface area contributed by atoms with E-state index in [0.717, 1.165) is 18.9 Å². The third-order valence-corrected chi connectivity index (χ3v) is 6.14. The molecule has 1 aliphatic heterocycles. The Morgan fingerprint density at radius 2 is 2.10 bits per heavy atom. The van der Waals surface area contributed by atoms with Gasteiger partial charge in [0.25, 0.3) is 0 Å². The Bertz CT molecular complexity index is 1100. The van der Waals surface area contributed by atoms with E-state index in [0.29, 0.717) is 25.3 Å². The summed E-state index contributed by atoms with van der Waals surface area (Å²) in [6, 6.07) is 1.25. The van der Waals surface area contributed by atoms with Crippen molar-refractivity contribution in [3.05, 3.63) is 33.9 Å². The van der Waals surface area contributed by atoms with Gasteiger partial charge in [-0.25, -0.2) is 14.2 Å². The molecule has 166 valence electrons. The first-order chi connectivity index (χ1) is 14.8. The van der Waals surface area contributed by atoms with Gasteiger partial charge in [-0.05, 0) is 25.8 Å². The summed E-state index contributed by atoms with van der Waals surface area (Å²) in [6.07, 6.45) is 3.25. The number of nitrogens with one attached hydrogen (secondary N) is 1. The van der Waals surface area contributed by atoms with E-state index >= 15 is 4.39 Å². The molecule has 2 aliphatic rings. The smallest absolute Gasteiger partial charge is 0.343 e. The van der Waals surface area contributed by atoms with Crippen LogP contribution in [0.5, 0.6) is 0 Å². The number of carbonyl (C=O) groups excluding carboxylic acids is 2. The van der Waals surface area contributed by atoms with Gasteiger partial charge in [0.05, 0.1) is 17.4 Å². The highest BCUT2D eigenvalue weighted by atomic mass is 35.5. The molecular weight excluding hydrogens is 427 g/mol. The highest BCUT2D eigenvalue weighted by Gasteiger charge is 2.35. The van der Waals surface area contributed by atoms with E-state index in [9.17, 15) is 14.4 Å². The first-order valence-corrected chi connectivity index (χ1v) is 10.8. The van der Waals surface area contributed by atoms with Gasteiger partial charge in [0, 0.05) is 44.7 Å². The first-order valence-electron chi connectivity index (χ1n) is 10.4. The van der Waals surface area contributed by atoms with E-state index in [1.165, 1.54) is 13.1 Å². The second-order valence-electron chi connectivity index (χ2n) is 8.01. The molecule has 4 rings (SSSR count). The van der Waals surface area contributed by atoms with E-state index in [1.54, 1.807) is 16.4 Å². The zero-order valence-electron chi connectivity index (χ0n) is 17.4. The lowest BCUT2D eigenvalue weighted by molar-refractivity contribution is -0.119. The number of pyridine rings is 2. The van der Waals surface area contributed by atoms with Gasteiger partial charge in [0.15, 0.2) is 11.6 Å². The number of hydrogen-bond acceptors (Lipinski definition) is 6. The number of rotatable bonds is 6. The van der Waals surface area contributed by atoms with Crippen molar-refractivity contribution < 1.29 is 18.7 Å². The molecule has 3 heterocycles. The molecule has 8 nitrogen and oxygen atoms in total. The number of esters is 1. The topological polar surface area (TPSA) is 93.5 Å². The van der Waals surface area contributed by atoms with Crippen LogP contribution in [0, 0.1) is 11.7 Å². The van der Waals surface area contributed by atoms with Crippen molar-refractivity contribution in [1.82, 2.24) is 14.9 Å². The van der Waals surface area contributed by atoms with Crippen LogP contribution in [0.2, 0.25) is 0 Å². The number of nitrogens with zero attached hydrogens (tertiary/aromatic N) is 3. The van der Waals surface area contributed by atoms with E-state index in [2.05, 4.69) is 10.3 Å². The predicted molar refractivity (Wildman–Crippen MR) is 114 cm³/mol. The molecule has 0 radical (unpaired) electrons. The number of anilines is 1. The maximum atomic E-state index is 15.1. The molecule has 2 aromatic rings. The molecular formula is C21H24ClFN4O4. The molecule has 0 aromatic carbocycles. The van der Waals surface area contributed by atoms with E-state index in [4.69, 9.17) is 16.3 Å². The third kappa shape index (κ3) is 4.23. The number of amides is 1. The zero-order valence-corrected chi connectivity index (χ0v) is 18.1. The van der Waals surface area contributed by atoms with Crippen LogP contribution in [0.3, 0.4) is 0 Å². The SMILES string of the molecule is CCOC(=O)c1cn(C2CC2)c2nc(N3C[C@H](CNC(C)=O)[C@H](Cl)C3)c(F)cc2c1=O. The number of ether oxygens (including phenoxy) is 1. The number of fused-ring (bicyclic) bond motifs is 1. The molecule has 1 N–H and O–H groups in total. The molecule has 2 aromatic heterocycles. The van der Waals surface area contributed by atoms with Crippen LogP contribution < -0.4 is 15.6 Å². The molecule has 0 unspecified atom stereocenters. The second-order valence-corrected chi connectivity index (χ2v) is 8.57. The van der Waals surface area contributed by atoms with Crippen LogP contribution in [0.15, 0.2) is 17.1 Å². The van der Waals surface area contributed by atoms with Crippen LogP contribution in [-0.4, -0.2) is 53.0 Å². The summed E-state index contributed by atoms with van der Waals surface area (Å²) < 4.78 is 21.8. The number of carbonyl (C=O) groups is 2. The molecule has 1 aliphatic carbocycles. The Labute approximate surface area is 183 Å². The van der Waals surface area contributed by atoms with Gasteiger partial charge in [-0.1, -0.05) is 0 Å². The summed E-state index contributed by atoms with van der Waals surface area (Å²) in [4.78, 5) is 42.6. The fourth-order valence-electron chi connectivity index (χ4n) is 3.92. The summed E-state index contributed by atoms with van der Waals surface area (Å²) in [5.41, 5.74) is -0.371. The molecule has 31 heavy (non-hydrogen) atoms. The standard InChI is InChI=1S/C21H24ClFN4O4/c1-3-31-21(30)15-9-27(13-4-5-13)19-14(18(15)29)6-17(23)20(25-19)26-8-12(16(22)10-26)7-24-11(2)28/h6,9,12-13,16H,3-5,7-8,10H2,1-2H3,(H,24,28)/t12-,16+/m0/s1.